The van der Waals surface area contributed by atoms with E-state index in [1.807, 2.05) is 12.3 Å². The van der Waals surface area contributed by atoms with Gasteiger partial charge in [-0.15, -0.1) is 0 Å². The van der Waals surface area contributed by atoms with Gasteiger partial charge in [-0.2, -0.15) is 0 Å². The molecule has 0 unspecified atom stereocenters. The van der Waals surface area contributed by atoms with E-state index in [4.69, 9.17) is 4.74 Å². The predicted molar refractivity (Wildman–Crippen MR) is 130 cm³/mol. The number of benzene rings is 2. The number of hydrogen-bond acceptors (Lipinski definition) is 4. The van der Waals surface area contributed by atoms with Crippen molar-refractivity contribution in [2.24, 2.45) is 0 Å². The van der Waals surface area contributed by atoms with E-state index in [9.17, 15) is 0 Å². The van der Waals surface area contributed by atoms with Gasteiger partial charge in [0.05, 0.1) is 0 Å². The number of piperazine rings is 1. The number of fused-ring (bicyclic) bond motifs is 1. The quantitative estimate of drug-likeness (QED) is 0.418. The zero-order chi connectivity index (χ0) is 21.3. The zero-order valence-electron chi connectivity index (χ0n) is 18.8. The maximum absolute atomic E-state index is 5.59. The van der Waals surface area contributed by atoms with Crippen molar-refractivity contribution >= 4 is 16.6 Å². The number of unbranched alkanes of at least 4 members (excludes halogenated alkanes) is 1. The molecule has 0 N–H and O–H groups in total. The lowest BCUT2D eigenvalue weighted by molar-refractivity contribution is 0.131. The first kappa shape index (κ1) is 21.8. The molecule has 31 heavy (non-hydrogen) atoms. The van der Waals surface area contributed by atoms with E-state index in [2.05, 4.69) is 70.2 Å². The fourth-order valence-electron chi connectivity index (χ4n) is 4.31. The van der Waals surface area contributed by atoms with Crippen molar-refractivity contribution in [3.8, 4) is 0 Å². The topological polar surface area (TPSA) is 28.6 Å². The van der Waals surface area contributed by atoms with E-state index in [0.29, 0.717) is 0 Å². The lowest BCUT2D eigenvalue weighted by Gasteiger charge is -2.35. The fourth-order valence-corrected chi connectivity index (χ4v) is 4.31. The number of anilines is 1. The Bertz CT molecular complexity index is 936. The van der Waals surface area contributed by atoms with Gasteiger partial charge in [0, 0.05) is 52.1 Å². The number of hydrogen-bond donors (Lipinski definition) is 0. The van der Waals surface area contributed by atoms with Crippen molar-refractivity contribution in [1.29, 1.82) is 0 Å². The molecule has 4 nitrogen and oxygen atoms in total. The highest BCUT2D eigenvalue weighted by Crippen LogP contribution is 2.21. The summed E-state index contributed by atoms with van der Waals surface area (Å²) < 4.78 is 5.59. The van der Waals surface area contributed by atoms with Crippen molar-refractivity contribution in [1.82, 2.24) is 9.88 Å². The summed E-state index contributed by atoms with van der Waals surface area (Å²) >= 11 is 0. The van der Waals surface area contributed by atoms with Gasteiger partial charge in [0.2, 0.25) is 0 Å². The van der Waals surface area contributed by atoms with Crippen LogP contribution in [0.15, 0.2) is 60.8 Å². The highest BCUT2D eigenvalue weighted by Gasteiger charge is 2.17. The van der Waals surface area contributed by atoms with Crippen molar-refractivity contribution in [2.75, 3.05) is 44.3 Å². The monoisotopic (exact) mass is 417 g/mol. The molecule has 164 valence electrons. The zero-order valence-corrected chi connectivity index (χ0v) is 18.8. The van der Waals surface area contributed by atoms with Gasteiger partial charge in [-0.1, -0.05) is 43.3 Å². The van der Waals surface area contributed by atoms with Crippen LogP contribution in [-0.4, -0.2) is 49.3 Å². The summed E-state index contributed by atoms with van der Waals surface area (Å²) in [5, 5.41) is 2.70. The van der Waals surface area contributed by atoms with E-state index in [1.54, 1.807) is 0 Å². The SMILES string of the molecule is CCCOCCCCc1ccc2cc(CN3CCN(c4ccccn4)CC3)ccc2c1. The molecule has 1 fully saturated rings. The van der Waals surface area contributed by atoms with Crippen LogP contribution in [-0.2, 0) is 17.7 Å². The van der Waals surface area contributed by atoms with E-state index >= 15 is 0 Å². The number of ether oxygens (including phenoxy) is 1. The van der Waals surface area contributed by atoms with Crippen molar-refractivity contribution in [2.45, 2.75) is 39.2 Å². The van der Waals surface area contributed by atoms with Gasteiger partial charge >= 0.3 is 0 Å². The smallest absolute Gasteiger partial charge is 0.128 e. The van der Waals surface area contributed by atoms with Crippen LogP contribution >= 0.6 is 0 Å². The minimum Gasteiger partial charge on any atom is -0.381 e. The molecule has 0 aliphatic carbocycles. The van der Waals surface area contributed by atoms with Gasteiger partial charge in [0.1, 0.15) is 5.82 Å². The van der Waals surface area contributed by atoms with Gasteiger partial charge in [-0.05, 0) is 65.8 Å². The van der Waals surface area contributed by atoms with E-state index in [0.717, 1.165) is 71.0 Å². The molecule has 0 bridgehead atoms. The standard InChI is InChI=1S/C27H35N3O/c1-2-18-31-19-6-4-7-23-9-11-26-21-24(10-12-25(26)20-23)22-29-14-16-30(17-15-29)27-8-3-5-13-28-27/h3,5,8-13,20-21H,2,4,6-7,14-19,22H2,1H3. The van der Waals surface area contributed by atoms with E-state index in [-0.39, 0.29) is 0 Å². The maximum atomic E-state index is 5.59. The van der Waals surface area contributed by atoms with Gasteiger partial charge in [0.15, 0.2) is 0 Å². The Morgan fingerprint density at radius 3 is 2.35 bits per heavy atom. The first-order valence-corrected chi connectivity index (χ1v) is 11.8. The fraction of sp³-hybridized carbons (Fsp3) is 0.444. The molecule has 2 heterocycles. The molecular formula is C27H35N3O. The Labute approximate surface area is 186 Å². The molecule has 0 spiro atoms. The Morgan fingerprint density at radius 1 is 0.839 bits per heavy atom. The largest absolute Gasteiger partial charge is 0.381 e. The molecule has 0 radical (unpaired) electrons. The second-order valence-electron chi connectivity index (χ2n) is 8.54. The lowest BCUT2D eigenvalue weighted by Crippen LogP contribution is -2.46. The second-order valence-corrected chi connectivity index (χ2v) is 8.54. The molecule has 1 aliphatic heterocycles. The normalized spacial score (nSPS) is 14.9. The summed E-state index contributed by atoms with van der Waals surface area (Å²) in [6.07, 6.45) is 6.45. The summed E-state index contributed by atoms with van der Waals surface area (Å²) in [6, 6.07) is 20.1. The number of nitrogens with zero attached hydrogens (tertiary/aromatic N) is 3. The average Bonchev–Trinajstić information content (AvgIpc) is 2.82. The Morgan fingerprint density at radius 2 is 1.61 bits per heavy atom. The molecule has 2 aromatic carbocycles. The summed E-state index contributed by atoms with van der Waals surface area (Å²) in [6.45, 7) is 9.19. The highest BCUT2D eigenvalue weighted by atomic mass is 16.5. The summed E-state index contributed by atoms with van der Waals surface area (Å²) in [5.74, 6) is 1.09. The first-order valence-electron chi connectivity index (χ1n) is 11.8. The minimum absolute atomic E-state index is 0.887. The summed E-state index contributed by atoms with van der Waals surface area (Å²) in [4.78, 5) is 9.42. The van der Waals surface area contributed by atoms with Crippen LogP contribution < -0.4 is 4.90 Å². The van der Waals surface area contributed by atoms with E-state index < -0.39 is 0 Å². The summed E-state index contributed by atoms with van der Waals surface area (Å²) in [5.41, 5.74) is 2.83. The van der Waals surface area contributed by atoms with Gasteiger partial charge in [0.25, 0.3) is 0 Å². The molecule has 0 amide bonds. The number of aryl methyl sites for hydroxylation is 1. The highest BCUT2D eigenvalue weighted by molar-refractivity contribution is 5.83. The van der Waals surface area contributed by atoms with Crippen LogP contribution in [0.3, 0.4) is 0 Å². The number of rotatable bonds is 10. The first-order chi connectivity index (χ1) is 15.3. The molecule has 3 aromatic rings. The molecule has 1 saturated heterocycles. The Balaban J connectivity index is 1.27. The van der Waals surface area contributed by atoms with Crippen LogP contribution in [0, 0.1) is 0 Å². The van der Waals surface area contributed by atoms with E-state index in [1.165, 1.54) is 28.3 Å². The third kappa shape index (κ3) is 6.28. The van der Waals surface area contributed by atoms with Crippen LogP contribution in [0.2, 0.25) is 0 Å². The van der Waals surface area contributed by atoms with Crippen molar-refractivity contribution in [3.05, 3.63) is 71.9 Å². The Kier molecular flexibility index (Phi) is 7.92. The van der Waals surface area contributed by atoms with Gasteiger partial charge in [-0.25, -0.2) is 4.98 Å². The van der Waals surface area contributed by atoms with Crippen molar-refractivity contribution < 1.29 is 4.74 Å². The number of aromatic nitrogens is 1. The van der Waals surface area contributed by atoms with Crippen LogP contribution in [0.25, 0.3) is 10.8 Å². The molecule has 4 heteroatoms. The third-order valence-corrected chi connectivity index (χ3v) is 6.07. The molecule has 1 aliphatic rings. The molecule has 0 saturated carbocycles. The number of pyridine rings is 1. The molecular weight excluding hydrogens is 382 g/mol. The maximum Gasteiger partial charge on any atom is 0.128 e. The lowest BCUT2D eigenvalue weighted by atomic mass is 10.0. The van der Waals surface area contributed by atoms with Gasteiger partial charge in [-0.3, -0.25) is 4.90 Å². The Hall–Kier alpha value is -2.43. The third-order valence-electron chi connectivity index (χ3n) is 6.07. The van der Waals surface area contributed by atoms with Crippen LogP contribution in [0.4, 0.5) is 5.82 Å². The second kappa shape index (κ2) is 11.3. The van der Waals surface area contributed by atoms with Crippen LogP contribution in [0.5, 0.6) is 0 Å². The minimum atomic E-state index is 0.887. The van der Waals surface area contributed by atoms with Crippen molar-refractivity contribution in [3.63, 3.8) is 0 Å². The van der Waals surface area contributed by atoms with Gasteiger partial charge < -0.3 is 9.64 Å². The van der Waals surface area contributed by atoms with Crippen LogP contribution in [0.1, 0.15) is 37.3 Å². The molecule has 4 rings (SSSR count). The molecule has 1 aromatic heterocycles. The average molecular weight is 418 g/mol. The predicted octanol–water partition coefficient (Wildman–Crippen LogP) is 5.31. The summed E-state index contributed by atoms with van der Waals surface area (Å²) in [7, 11) is 0. The molecule has 0 atom stereocenters.